The molecule has 2 aromatic rings. The molecule has 0 spiro atoms. The van der Waals surface area contributed by atoms with Gasteiger partial charge in [-0.1, -0.05) is 0 Å². The first kappa shape index (κ1) is 23.7. The van der Waals surface area contributed by atoms with Crippen molar-refractivity contribution in [1.82, 2.24) is 4.90 Å². The molecule has 1 aliphatic carbocycles. The van der Waals surface area contributed by atoms with E-state index in [9.17, 15) is 31.9 Å². The van der Waals surface area contributed by atoms with E-state index in [1.54, 1.807) is 4.90 Å². The van der Waals surface area contributed by atoms with Crippen molar-refractivity contribution in [2.24, 2.45) is 11.8 Å². The van der Waals surface area contributed by atoms with Crippen molar-refractivity contribution in [2.45, 2.75) is 31.9 Å². The van der Waals surface area contributed by atoms with E-state index in [0.717, 1.165) is 37.1 Å². The van der Waals surface area contributed by atoms with E-state index in [4.69, 9.17) is 0 Å². The molecule has 1 saturated heterocycles. The summed E-state index contributed by atoms with van der Waals surface area (Å²) in [6.45, 7) is 0.740. The Morgan fingerprint density at radius 3 is 2.26 bits per heavy atom. The molecule has 2 N–H and O–H groups in total. The first-order chi connectivity index (χ1) is 16.1. The van der Waals surface area contributed by atoms with Crippen LogP contribution in [-0.2, 0) is 15.8 Å². The third-order valence-electron chi connectivity index (χ3n) is 5.98. The summed E-state index contributed by atoms with van der Waals surface area (Å²) in [6.07, 6.45) is -2.03. The zero-order valence-corrected chi connectivity index (χ0v) is 18.1. The van der Waals surface area contributed by atoms with Crippen molar-refractivity contribution in [3.05, 3.63) is 59.4 Å². The molecule has 1 heterocycles. The van der Waals surface area contributed by atoms with Gasteiger partial charge in [0.05, 0.1) is 17.2 Å². The van der Waals surface area contributed by atoms with Gasteiger partial charge in [0.25, 0.3) is 5.91 Å². The van der Waals surface area contributed by atoms with E-state index in [1.165, 1.54) is 18.2 Å². The molecule has 2 aromatic carbocycles. The maximum atomic E-state index is 13.7. The van der Waals surface area contributed by atoms with Gasteiger partial charge in [-0.15, -0.1) is 0 Å². The summed E-state index contributed by atoms with van der Waals surface area (Å²) in [5.74, 6) is -2.41. The number of benzene rings is 2. The molecule has 6 nitrogen and oxygen atoms in total. The third kappa shape index (κ3) is 5.55. The fourth-order valence-corrected chi connectivity index (χ4v) is 3.98. The van der Waals surface area contributed by atoms with Crippen LogP contribution in [0.1, 0.15) is 41.6 Å². The largest absolute Gasteiger partial charge is 0.418 e. The topological polar surface area (TPSA) is 78.5 Å². The molecule has 1 aliphatic heterocycles. The molecule has 10 heteroatoms. The zero-order chi connectivity index (χ0) is 24.5. The second kappa shape index (κ2) is 9.44. The Morgan fingerprint density at radius 1 is 0.912 bits per heavy atom. The normalized spacial score (nSPS) is 18.4. The fraction of sp³-hybridized carbons (Fsp3) is 0.375. The quantitative estimate of drug-likeness (QED) is 0.614. The molecular weight excluding hydrogens is 454 g/mol. The Morgan fingerprint density at radius 2 is 1.62 bits per heavy atom. The number of nitrogens with one attached hydrogen (secondary N) is 2. The number of carbonyl (C=O) groups excluding carboxylic acids is 3. The van der Waals surface area contributed by atoms with Gasteiger partial charge < -0.3 is 15.5 Å². The van der Waals surface area contributed by atoms with Crippen LogP contribution >= 0.6 is 0 Å². The minimum atomic E-state index is -4.79. The molecule has 1 saturated carbocycles. The van der Waals surface area contributed by atoms with Gasteiger partial charge in [-0.05, 0) is 68.1 Å². The zero-order valence-electron chi connectivity index (χ0n) is 18.1. The van der Waals surface area contributed by atoms with Gasteiger partial charge in [0.15, 0.2) is 0 Å². The molecule has 0 bridgehead atoms. The van der Waals surface area contributed by atoms with Gasteiger partial charge in [-0.3, -0.25) is 14.4 Å². The lowest BCUT2D eigenvalue weighted by molar-refractivity contribution is -0.137. The molecule has 180 valence electrons. The van der Waals surface area contributed by atoms with Crippen LogP contribution in [-0.4, -0.2) is 35.7 Å². The van der Waals surface area contributed by atoms with E-state index >= 15 is 0 Å². The van der Waals surface area contributed by atoms with Crippen LogP contribution in [0.4, 0.5) is 28.9 Å². The van der Waals surface area contributed by atoms with E-state index in [0.29, 0.717) is 19.4 Å². The maximum Gasteiger partial charge on any atom is 0.418 e. The lowest BCUT2D eigenvalue weighted by atomic mass is 9.96. The second-order valence-corrected chi connectivity index (χ2v) is 8.61. The van der Waals surface area contributed by atoms with Crippen LogP contribution in [0.25, 0.3) is 0 Å². The summed E-state index contributed by atoms with van der Waals surface area (Å²) < 4.78 is 54.2. The van der Waals surface area contributed by atoms with Gasteiger partial charge in [0, 0.05) is 30.3 Å². The van der Waals surface area contributed by atoms with Crippen LogP contribution in [0.5, 0.6) is 0 Å². The number of amides is 3. The first-order valence-corrected chi connectivity index (χ1v) is 11.0. The van der Waals surface area contributed by atoms with Gasteiger partial charge >= 0.3 is 6.18 Å². The fourth-order valence-electron chi connectivity index (χ4n) is 3.98. The molecule has 0 aromatic heterocycles. The lowest BCUT2D eigenvalue weighted by Gasteiger charge is -2.32. The summed E-state index contributed by atoms with van der Waals surface area (Å²) in [5.41, 5.74) is -1.59. The minimum absolute atomic E-state index is 0.00901. The summed E-state index contributed by atoms with van der Waals surface area (Å²) in [7, 11) is 0. The van der Waals surface area contributed by atoms with Crippen LogP contribution in [0.15, 0.2) is 42.5 Å². The highest BCUT2D eigenvalue weighted by molar-refractivity contribution is 6.04. The SMILES string of the molecule is O=C(Nc1ccc(NC(=O)C2CCCN(C(=O)C3CC3)C2)c(C(F)(F)F)c1)c1ccc(F)cc1. The monoisotopic (exact) mass is 477 g/mol. The molecule has 34 heavy (non-hydrogen) atoms. The number of rotatable bonds is 5. The number of anilines is 2. The number of halogens is 4. The Bertz CT molecular complexity index is 1100. The van der Waals surface area contributed by atoms with E-state index in [2.05, 4.69) is 10.6 Å². The average molecular weight is 477 g/mol. The van der Waals surface area contributed by atoms with Crippen molar-refractivity contribution in [3.8, 4) is 0 Å². The molecule has 1 atom stereocenters. The van der Waals surface area contributed by atoms with Gasteiger partial charge in [0.1, 0.15) is 5.82 Å². The van der Waals surface area contributed by atoms with E-state index in [1.807, 2.05) is 0 Å². The predicted octanol–water partition coefficient (Wildman–Crippen LogP) is 4.68. The number of hydrogen-bond acceptors (Lipinski definition) is 3. The van der Waals surface area contributed by atoms with Gasteiger partial charge in [-0.25, -0.2) is 4.39 Å². The van der Waals surface area contributed by atoms with Crippen LogP contribution in [0.3, 0.4) is 0 Å². The highest BCUT2D eigenvalue weighted by Gasteiger charge is 2.38. The highest BCUT2D eigenvalue weighted by Crippen LogP contribution is 2.37. The summed E-state index contributed by atoms with van der Waals surface area (Å²) in [4.78, 5) is 39.0. The smallest absolute Gasteiger partial charge is 0.342 e. The van der Waals surface area contributed by atoms with Crippen molar-refractivity contribution in [2.75, 3.05) is 23.7 Å². The molecule has 4 rings (SSSR count). The summed E-state index contributed by atoms with van der Waals surface area (Å²) >= 11 is 0. The second-order valence-electron chi connectivity index (χ2n) is 8.61. The average Bonchev–Trinajstić information content (AvgIpc) is 3.65. The molecule has 1 unspecified atom stereocenters. The van der Waals surface area contributed by atoms with Crippen molar-refractivity contribution in [3.63, 3.8) is 0 Å². The third-order valence-corrected chi connectivity index (χ3v) is 5.98. The molecule has 3 amide bonds. The number of likely N-dealkylation sites (tertiary alicyclic amines) is 1. The minimum Gasteiger partial charge on any atom is -0.342 e. The van der Waals surface area contributed by atoms with Crippen LogP contribution < -0.4 is 10.6 Å². The molecule has 0 radical (unpaired) electrons. The number of alkyl halides is 3. The van der Waals surface area contributed by atoms with Crippen molar-refractivity contribution < 1.29 is 31.9 Å². The highest BCUT2D eigenvalue weighted by atomic mass is 19.4. The summed E-state index contributed by atoms with van der Waals surface area (Å²) in [5, 5.41) is 4.71. The standard InChI is InChI=1S/C24H23F4N3O3/c25-17-7-5-14(6-8-17)21(32)29-18-9-10-20(19(12-18)24(26,27)28)30-22(33)16-2-1-11-31(13-16)23(34)15-3-4-15/h5-10,12,15-16H,1-4,11,13H2,(H,29,32)(H,30,33). The molecule has 2 fully saturated rings. The number of carbonyl (C=O) groups is 3. The van der Waals surface area contributed by atoms with Crippen molar-refractivity contribution in [1.29, 1.82) is 0 Å². The van der Waals surface area contributed by atoms with E-state index < -0.39 is 41.0 Å². The molecule has 2 aliphatic rings. The van der Waals surface area contributed by atoms with Crippen LogP contribution in [0, 0.1) is 17.7 Å². The van der Waals surface area contributed by atoms with Crippen molar-refractivity contribution >= 4 is 29.1 Å². The first-order valence-electron chi connectivity index (χ1n) is 11.0. The Labute approximate surface area is 193 Å². The van der Waals surface area contributed by atoms with Gasteiger partial charge in [0.2, 0.25) is 11.8 Å². The maximum absolute atomic E-state index is 13.7. The number of piperidine rings is 1. The Balaban J connectivity index is 1.47. The summed E-state index contributed by atoms with van der Waals surface area (Å²) in [6, 6.07) is 7.63. The number of hydrogen-bond donors (Lipinski definition) is 2. The Hall–Kier alpha value is -3.43. The number of nitrogens with zero attached hydrogens (tertiary/aromatic N) is 1. The predicted molar refractivity (Wildman–Crippen MR) is 116 cm³/mol. The lowest BCUT2D eigenvalue weighted by Crippen LogP contribution is -2.44. The Kier molecular flexibility index (Phi) is 6.58. The molecular formula is C24H23F4N3O3. The van der Waals surface area contributed by atoms with Gasteiger partial charge in [-0.2, -0.15) is 13.2 Å². The van der Waals surface area contributed by atoms with E-state index in [-0.39, 0.29) is 29.6 Å². The van der Waals surface area contributed by atoms with Crippen LogP contribution in [0.2, 0.25) is 0 Å².